The van der Waals surface area contributed by atoms with E-state index in [9.17, 15) is 4.79 Å². The van der Waals surface area contributed by atoms with Crippen LogP contribution < -0.4 is 0 Å². The van der Waals surface area contributed by atoms with Crippen LogP contribution in [0, 0.1) is 6.92 Å². The summed E-state index contributed by atoms with van der Waals surface area (Å²) in [5, 5.41) is 0. The molecule has 0 aromatic rings. The monoisotopic (exact) mass is 197 g/mol. The second-order valence-corrected chi connectivity index (χ2v) is 3.83. The number of amides is 1. The van der Waals surface area contributed by atoms with Gasteiger partial charge < -0.3 is 9.80 Å². The van der Waals surface area contributed by atoms with Crippen molar-refractivity contribution in [2.45, 2.75) is 32.7 Å². The fraction of sp³-hybridized carbons (Fsp3) is 0.818. The molecule has 1 fully saturated rings. The molecule has 1 saturated heterocycles. The van der Waals surface area contributed by atoms with Gasteiger partial charge in [-0.2, -0.15) is 0 Å². The largest absolute Gasteiger partial charge is 0.343 e. The first kappa shape index (κ1) is 11.5. The highest BCUT2D eigenvalue weighted by Crippen LogP contribution is 2.15. The maximum absolute atomic E-state index is 11.0. The van der Waals surface area contributed by atoms with Gasteiger partial charge >= 0.3 is 0 Å². The normalized spacial score (nSPS) is 19.0. The predicted octanol–water partition coefficient (Wildman–Crippen LogP) is 1.15. The van der Waals surface area contributed by atoms with Gasteiger partial charge in [-0.1, -0.05) is 13.8 Å². The number of piperidine rings is 1. The zero-order valence-electron chi connectivity index (χ0n) is 9.33. The van der Waals surface area contributed by atoms with Crippen LogP contribution >= 0.6 is 0 Å². The van der Waals surface area contributed by atoms with E-state index in [-0.39, 0.29) is 5.91 Å². The van der Waals surface area contributed by atoms with Crippen LogP contribution in [0.1, 0.15) is 26.7 Å². The molecule has 0 bridgehead atoms. The Hall–Kier alpha value is -0.570. The molecule has 0 aromatic carbocycles. The molecular weight excluding hydrogens is 176 g/mol. The molecule has 0 unspecified atom stereocenters. The van der Waals surface area contributed by atoms with Crippen LogP contribution in [-0.2, 0) is 4.79 Å². The fourth-order valence-corrected chi connectivity index (χ4v) is 2.22. The van der Waals surface area contributed by atoms with Gasteiger partial charge in [0.25, 0.3) is 0 Å². The summed E-state index contributed by atoms with van der Waals surface area (Å²) < 4.78 is 0. The summed E-state index contributed by atoms with van der Waals surface area (Å²) in [4.78, 5) is 15.3. The first-order valence-electron chi connectivity index (χ1n) is 5.54. The Morgan fingerprint density at radius 3 is 2.21 bits per heavy atom. The van der Waals surface area contributed by atoms with Gasteiger partial charge in [-0.05, 0) is 25.9 Å². The highest BCUT2D eigenvalue weighted by atomic mass is 16.2. The van der Waals surface area contributed by atoms with Crippen molar-refractivity contribution >= 4 is 5.91 Å². The second-order valence-electron chi connectivity index (χ2n) is 3.83. The molecule has 0 spiro atoms. The molecule has 3 heteroatoms. The summed E-state index contributed by atoms with van der Waals surface area (Å²) in [6, 6.07) is 0.667. The quantitative estimate of drug-likeness (QED) is 0.677. The van der Waals surface area contributed by atoms with Crippen LogP contribution in [0.3, 0.4) is 0 Å². The van der Waals surface area contributed by atoms with Crippen LogP contribution in [0.15, 0.2) is 0 Å². The van der Waals surface area contributed by atoms with E-state index in [1.54, 1.807) is 0 Å². The minimum absolute atomic E-state index is 0.0250. The lowest BCUT2D eigenvalue weighted by Gasteiger charge is -2.37. The third kappa shape index (κ3) is 2.71. The molecule has 1 aliphatic rings. The van der Waals surface area contributed by atoms with Crippen LogP contribution in [0.2, 0.25) is 0 Å². The van der Waals surface area contributed by atoms with Crippen molar-refractivity contribution in [3.63, 3.8) is 0 Å². The summed E-state index contributed by atoms with van der Waals surface area (Å²) in [6.45, 7) is 11.8. The minimum atomic E-state index is -0.0250. The SMILES string of the molecule is [CH2]C(=O)N1CCC(N(CC)CC)CC1. The van der Waals surface area contributed by atoms with Crippen LogP contribution in [0.25, 0.3) is 0 Å². The number of nitrogens with zero attached hydrogens (tertiary/aromatic N) is 2. The van der Waals surface area contributed by atoms with Crippen molar-refractivity contribution < 1.29 is 4.79 Å². The average Bonchev–Trinajstić information content (AvgIpc) is 2.20. The van der Waals surface area contributed by atoms with Crippen molar-refractivity contribution in [3.8, 4) is 0 Å². The van der Waals surface area contributed by atoms with E-state index in [2.05, 4.69) is 25.7 Å². The van der Waals surface area contributed by atoms with Crippen LogP contribution in [0.4, 0.5) is 0 Å². The molecule has 0 aliphatic carbocycles. The Labute approximate surface area is 87.1 Å². The van der Waals surface area contributed by atoms with Gasteiger partial charge in [0.1, 0.15) is 0 Å². The van der Waals surface area contributed by atoms with Crippen LogP contribution in [0.5, 0.6) is 0 Å². The number of rotatable bonds is 3. The third-order valence-corrected chi connectivity index (χ3v) is 3.15. The van der Waals surface area contributed by atoms with Gasteiger partial charge in [0.2, 0.25) is 5.91 Å². The summed E-state index contributed by atoms with van der Waals surface area (Å²) in [5.74, 6) is -0.0250. The molecule has 1 rings (SSSR count). The molecule has 1 radical (unpaired) electrons. The molecule has 0 aromatic heterocycles. The smallest absolute Gasteiger partial charge is 0.223 e. The Bertz CT molecular complexity index is 182. The van der Waals surface area contributed by atoms with E-state index in [0.717, 1.165) is 39.0 Å². The fourth-order valence-electron chi connectivity index (χ4n) is 2.22. The molecule has 14 heavy (non-hydrogen) atoms. The average molecular weight is 197 g/mol. The standard InChI is InChI=1S/C11H21N2O/c1-4-12(5-2)11-6-8-13(9-7-11)10(3)14/h11H,3-9H2,1-2H3. The summed E-state index contributed by atoms with van der Waals surface area (Å²) in [5.41, 5.74) is 0. The van der Waals surface area contributed by atoms with Crippen molar-refractivity contribution in [2.24, 2.45) is 0 Å². The van der Waals surface area contributed by atoms with Crippen LogP contribution in [-0.4, -0.2) is 47.9 Å². The highest BCUT2D eigenvalue weighted by molar-refractivity contribution is 5.80. The third-order valence-electron chi connectivity index (χ3n) is 3.15. The lowest BCUT2D eigenvalue weighted by Crippen LogP contribution is -2.46. The molecular formula is C11H21N2O. The zero-order valence-corrected chi connectivity index (χ0v) is 9.33. The lowest BCUT2D eigenvalue weighted by atomic mass is 10.0. The van der Waals surface area contributed by atoms with Gasteiger partial charge in [-0.25, -0.2) is 0 Å². The van der Waals surface area contributed by atoms with E-state index in [4.69, 9.17) is 0 Å². The number of likely N-dealkylation sites (tertiary alicyclic amines) is 1. The van der Waals surface area contributed by atoms with E-state index in [1.807, 2.05) is 4.90 Å². The first-order valence-corrected chi connectivity index (χ1v) is 5.54. The summed E-state index contributed by atoms with van der Waals surface area (Å²) in [7, 11) is 0. The Morgan fingerprint density at radius 2 is 1.86 bits per heavy atom. The van der Waals surface area contributed by atoms with Crippen molar-refractivity contribution in [1.29, 1.82) is 0 Å². The topological polar surface area (TPSA) is 23.6 Å². The molecule has 1 amide bonds. The Morgan fingerprint density at radius 1 is 1.36 bits per heavy atom. The Kier molecular flexibility index (Phi) is 4.39. The molecule has 0 saturated carbocycles. The zero-order chi connectivity index (χ0) is 10.6. The van der Waals surface area contributed by atoms with Gasteiger partial charge in [0, 0.05) is 26.1 Å². The molecule has 81 valence electrons. The maximum atomic E-state index is 11.0. The predicted molar refractivity (Wildman–Crippen MR) is 57.9 cm³/mol. The lowest BCUT2D eigenvalue weighted by molar-refractivity contribution is -0.127. The van der Waals surface area contributed by atoms with Gasteiger partial charge in [-0.3, -0.25) is 4.79 Å². The van der Waals surface area contributed by atoms with Gasteiger partial charge in [-0.15, -0.1) is 0 Å². The van der Waals surface area contributed by atoms with Gasteiger partial charge in [0.05, 0.1) is 0 Å². The number of hydrogen-bond acceptors (Lipinski definition) is 2. The molecule has 0 atom stereocenters. The number of carbonyl (C=O) groups excluding carboxylic acids is 1. The van der Waals surface area contributed by atoms with Gasteiger partial charge in [0.15, 0.2) is 0 Å². The minimum Gasteiger partial charge on any atom is -0.343 e. The summed E-state index contributed by atoms with van der Waals surface area (Å²) >= 11 is 0. The van der Waals surface area contributed by atoms with Crippen molar-refractivity contribution in [1.82, 2.24) is 9.80 Å². The van der Waals surface area contributed by atoms with E-state index in [1.165, 1.54) is 0 Å². The van der Waals surface area contributed by atoms with Crippen molar-refractivity contribution in [2.75, 3.05) is 26.2 Å². The van der Waals surface area contributed by atoms with E-state index in [0.29, 0.717) is 6.04 Å². The number of carbonyl (C=O) groups is 1. The second kappa shape index (κ2) is 5.35. The molecule has 1 heterocycles. The van der Waals surface area contributed by atoms with E-state index >= 15 is 0 Å². The first-order chi connectivity index (χ1) is 6.69. The highest BCUT2D eigenvalue weighted by Gasteiger charge is 2.23. The summed E-state index contributed by atoms with van der Waals surface area (Å²) in [6.07, 6.45) is 2.20. The Balaban J connectivity index is 2.38. The molecule has 3 nitrogen and oxygen atoms in total. The van der Waals surface area contributed by atoms with E-state index < -0.39 is 0 Å². The number of hydrogen-bond donors (Lipinski definition) is 0. The molecule has 1 aliphatic heterocycles. The molecule has 0 N–H and O–H groups in total. The van der Waals surface area contributed by atoms with Crippen molar-refractivity contribution in [3.05, 3.63) is 6.92 Å². The maximum Gasteiger partial charge on any atom is 0.223 e.